The number of carbonyl (C=O) groups is 2. The van der Waals surface area contributed by atoms with E-state index in [-0.39, 0.29) is 5.91 Å². The SMILES string of the molecule is COC(=O)C1Cc2ncn(Cc3ccc(Cl)cc3)c2CN1C(=O)c1cccs1. The molecule has 28 heavy (non-hydrogen) atoms. The lowest BCUT2D eigenvalue weighted by atomic mass is 10.0. The molecule has 1 aromatic carbocycles. The van der Waals surface area contributed by atoms with E-state index in [2.05, 4.69) is 4.98 Å². The maximum atomic E-state index is 13.0. The van der Waals surface area contributed by atoms with E-state index in [4.69, 9.17) is 16.3 Å². The van der Waals surface area contributed by atoms with Crippen molar-refractivity contribution in [3.8, 4) is 0 Å². The van der Waals surface area contributed by atoms with Crippen LogP contribution in [0.1, 0.15) is 26.6 Å². The molecule has 0 bridgehead atoms. The number of esters is 1. The Morgan fingerprint density at radius 2 is 2.07 bits per heavy atom. The molecule has 0 spiro atoms. The van der Waals surface area contributed by atoms with Gasteiger partial charge < -0.3 is 14.2 Å². The van der Waals surface area contributed by atoms with Crippen LogP contribution in [-0.4, -0.2) is 39.5 Å². The molecule has 6 nitrogen and oxygen atoms in total. The maximum Gasteiger partial charge on any atom is 0.329 e. The van der Waals surface area contributed by atoms with Gasteiger partial charge in [0.2, 0.25) is 0 Å². The minimum absolute atomic E-state index is 0.171. The van der Waals surface area contributed by atoms with Crippen LogP contribution in [-0.2, 0) is 29.0 Å². The molecule has 1 aliphatic heterocycles. The second kappa shape index (κ2) is 7.77. The predicted molar refractivity (Wildman–Crippen MR) is 106 cm³/mol. The summed E-state index contributed by atoms with van der Waals surface area (Å²) in [4.78, 5) is 32.0. The van der Waals surface area contributed by atoms with Crippen LogP contribution in [0.3, 0.4) is 0 Å². The summed E-state index contributed by atoms with van der Waals surface area (Å²) in [6.45, 7) is 0.919. The topological polar surface area (TPSA) is 64.4 Å². The molecule has 0 fully saturated rings. The normalized spacial score (nSPS) is 15.9. The van der Waals surface area contributed by atoms with Crippen molar-refractivity contribution in [2.24, 2.45) is 0 Å². The van der Waals surface area contributed by atoms with Crippen molar-refractivity contribution in [2.45, 2.75) is 25.6 Å². The summed E-state index contributed by atoms with van der Waals surface area (Å²) in [5.41, 5.74) is 2.83. The van der Waals surface area contributed by atoms with E-state index in [1.807, 2.05) is 40.3 Å². The third-order valence-electron chi connectivity index (χ3n) is 4.85. The van der Waals surface area contributed by atoms with Crippen LogP contribution in [0, 0.1) is 0 Å². The quantitative estimate of drug-likeness (QED) is 0.613. The fourth-order valence-corrected chi connectivity index (χ4v) is 4.20. The van der Waals surface area contributed by atoms with Gasteiger partial charge in [-0.2, -0.15) is 0 Å². The first kappa shape index (κ1) is 18.7. The number of amides is 1. The highest BCUT2D eigenvalue weighted by Crippen LogP contribution is 2.27. The molecule has 144 valence electrons. The number of halogens is 1. The molecular formula is C20H18ClN3O3S. The number of methoxy groups -OCH3 is 1. The largest absolute Gasteiger partial charge is 0.467 e. The highest BCUT2D eigenvalue weighted by molar-refractivity contribution is 7.12. The summed E-state index contributed by atoms with van der Waals surface area (Å²) in [6.07, 6.45) is 2.10. The van der Waals surface area contributed by atoms with E-state index in [0.29, 0.717) is 29.4 Å². The summed E-state index contributed by atoms with van der Waals surface area (Å²) < 4.78 is 6.95. The van der Waals surface area contributed by atoms with Crippen LogP contribution >= 0.6 is 22.9 Å². The summed E-state index contributed by atoms with van der Waals surface area (Å²) in [6, 6.07) is 10.5. The van der Waals surface area contributed by atoms with Crippen molar-refractivity contribution in [1.82, 2.24) is 14.5 Å². The Morgan fingerprint density at radius 3 is 2.75 bits per heavy atom. The van der Waals surface area contributed by atoms with Crippen LogP contribution in [0.15, 0.2) is 48.1 Å². The minimum atomic E-state index is -0.675. The number of rotatable bonds is 4. The first-order valence-corrected chi connectivity index (χ1v) is 10.0. The van der Waals surface area contributed by atoms with Gasteiger partial charge >= 0.3 is 5.97 Å². The lowest BCUT2D eigenvalue weighted by molar-refractivity contribution is -0.146. The third-order valence-corrected chi connectivity index (χ3v) is 5.96. The van der Waals surface area contributed by atoms with Crippen molar-refractivity contribution >= 4 is 34.8 Å². The highest BCUT2D eigenvalue weighted by atomic mass is 35.5. The van der Waals surface area contributed by atoms with E-state index in [1.54, 1.807) is 17.3 Å². The molecule has 0 radical (unpaired) electrons. The number of hydrogen-bond acceptors (Lipinski definition) is 5. The van der Waals surface area contributed by atoms with Gasteiger partial charge in [-0.25, -0.2) is 9.78 Å². The Morgan fingerprint density at radius 1 is 1.29 bits per heavy atom. The van der Waals surface area contributed by atoms with E-state index in [1.165, 1.54) is 18.4 Å². The predicted octanol–water partition coefficient (Wildman–Crippen LogP) is 3.39. The number of imidazole rings is 1. The highest BCUT2D eigenvalue weighted by Gasteiger charge is 2.38. The average Bonchev–Trinajstić information content (AvgIpc) is 3.38. The van der Waals surface area contributed by atoms with Gasteiger partial charge in [0.15, 0.2) is 0 Å². The zero-order valence-corrected chi connectivity index (χ0v) is 16.7. The first-order chi connectivity index (χ1) is 13.6. The third kappa shape index (κ3) is 3.55. The number of thiophene rings is 1. The summed E-state index contributed by atoms with van der Waals surface area (Å²) in [7, 11) is 1.34. The average molecular weight is 416 g/mol. The molecule has 1 atom stereocenters. The molecule has 0 saturated carbocycles. The molecule has 4 rings (SSSR count). The number of hydrogen-bond donors (Lipinski definition) is 0. The van der Waals surface area contributed by atoms with Gasteiger partial charge in [-0.3, -0.25) is 4.79 Å². The smallest absolute Gasteiger partial charge is 0.329 e. The standard InChI is InChI=1S/C20H18ClN3O3S/c1-27-20(26)16-9-15-17(11-24(16)19(25)18-3-2-8-28-18)23(12-22-15)10-13-4-6-14(21)7-5-13/h2-8,12,16H,9-11H2,1H3. The molecule has 1 unspecified atom stereocenters. The number of carbonyl (C=O) groups excluding carboxylic acids is 2. The summed E-state index contributed by atoms with van der Waals surface area (Å²) in [5.74, 6) is -0.599. The van der Waals surface area contributed by atoms with Crippen LogP contribution in [0.5, 0.6) is 0 Å². The van der Waals surface area contributed by atoms with Crippen LogP contribution in [0.2, 0.25) is 5.02 Å². The Labute approximate surface area is 171 Å². The zero-order chi connectivity index (χ0) is 19.7. The van der Waals surface area contributed by atoms with Gasteiger partial charge in [-0.1, -0.05) is 29.8 Å². The van der Waals surface area contributed by atoms with E-state index in [9.17, 15) is 9.59 Å². The van der Waals surface area contributed by atoms with E-state index >= 15 is 0 Å². The molecular weight excluding hydrogens is 398 g/mol. The maximum absolute atomic E-state index is 13.0. The number of fused-ring (bicyclic) bond motifs is 1. The molecule has 0 N–H and O–H groups in total. The van der Waals surface area contributed by atoms with Crippen LogP contribution in [0.25, 0.3) is 0 Å². The fourth-order valence-electron chi connectivity index (χ4n) is 3.39. The van der Waals surface area contributed by atoms with Crippen molar-refractivity contribution in [3.05, 3.63) is 75.0 Å². The van der Waals surface area contributed by atoms with Gasteiger partial charge in [-0.15, -0.1) is 11.3 Å². The zero-order valence-electron chi connectivity index (χ0n) is 15.2. The van der Waals surface area contributed by atoms with Crippen LogP contribution < -0.4 is 0 Å². The van der Waals surface area contributed by atoms with Gasteiger partial charge in [0, 0.05) is 18.0 Å². The lowest BCUT2D eigenvalue weighted by Crippen LogP contribution is -2.49. The molecule has 3 aromatic rings. The van der Waals surface area contributed by atoms with Crippen LogP contribution in [0.4, 0.5) is 0 Å². The Balaban J connectivity index is 1.65. The minimum Gasteiger partial charge on any atom is -0.467 e. The Bertz CT molecular complexity index is 998. The number of nitrogens with zero attached hydrogens (tertiary/aromatic N) is 3. The number of ether oxygens (including phenoxy) is 1. The molecule has 2 aromatic heterocycles. The summed E-state index contributed by atoms with van der Waals surface area (Å²) >= 11 is 7.32. The van der Waals surface area contributed by atoms with Gasteiger partial charge in [0.1, 0.15) is 6.04 Å². The Kier molecular flexibility index (Phi) is 5.19. The van der Waals surface area contributed by atoms with Crippen molar-refractivity contribution in [1.29, 1.82) is 0 Å². The molecule has 1 aliphatic rings. The van der Waals surface area contributed by atoms with Crippen molar-refractivity contribution < 1.29 is 14.3 Å². The van der Waals surface area contributed by atoms with Crippen molar-refractivity contribution in [3.63, 3.8) is 0 Å². The first-order valence-electron chi connectivity index (χ1n) is 8.76. The second-order valence-electron chi connectivity index (χ2n) is 6.55. The monoisotopic (exact) mass is 415 g/mol. The van der Waals surface area contributed by atoms with Crippen molar-refractivity contribution in [2.75, 3.05) is 7.11 Å². The van der Waals surface area contributed by atoms with E-state index in [0.717, 1.165) is 17.0 Å². The number of benzene rings is 1. The van der Waals surface area contributed by atoms with Gasteiger partial charge in [0.25, 0.3) is 5.91 Å². The van der Waals surface area contributed by atoms with Gasteiger partial charge in [-0.05, 0) is 29.1 Å². The van der Waals surface area contributed by atoms with E-state index < -0.39 is 12.0 Å². The fraction of sp³-hybridized carbons (Fsp3) is 0.250. The second-order valence-corrected chi connectivity index (χ2v) is 7.93. The molecule has 3 heterocycles. The lowest BCUT2D eigenvalue weighted by Gasteiger charge is -2.33. The van der Waals surface area contributed by atoms with Gasteiger partial charge in [0.05, 0.1) is 36.2 Å². The number of aromatic nitrogens is 2. The molecule has 0 aliphatic carbocycles. The Hall–Kier alpha value is -2.64. The summed E-state index contributed by atoms with van der Waals surface area (Å²) in [5, 5.41) is 2.53. The molecule has 8 heteroatoms. The molecule has 1 amide bonds. The molecule has 0 saturated heterocycles.